The lowest BCUT2D eigenvalue weighted by Crippen LogP contribution is -2.38. The van der Waals surface area contributed by atoms with Crippen molar-refractivity contribution in [3.05, 3.63) is 27.7 Å². The topological polar surface area (TPSA) is 58.6 Å². The number of carbonyl (C=O) groups is 1. The van der Waals surface area contributed by atoms with Crippen molar-refractivity contribution < 1.29 is 23.4 Å². The first-order valence-electron chi connectivity index (χ1n) is 5.21. The Morgan fingerprint density at radius 1 is 1.53 bits per heavy atom. The van der Waals surface area contributed by atoms with Crippen LogP contribution in [0.4, 0.5) is 8.78 Å². The van der Waals surface area contributed by atoms with Gasteiger partial charge in [0.2, 0.25) is 0 Å². The number of amides is 1. The Labute approximate surface area is 121 Å². The van der Waals surface area contributed by atoms with Gasteiger partial charge >= 0.3 is 0 Å². The van der Waals surface area contributed by atoms with Gasteiger partial charge in [-0.05, 0) is 34.1 Å². The lowest BCUT2D eigenvalue weighted by atomic mass is 10.3. The van der Waals surface area contributed by atoms with Crippen LogP contribution in [0, 0.1) is 0 Å². The summed E-state index contributed by atoms with van der Waals surface area (Å²) < 4.78 is 29.7. The molecule has 1 aromatic rings. The minimum absolute atomic E-state index is 0.351. The first-order chi connectivity index (χ1) is 8.90. The van der Waals surface area contributed by atoms with E-state index >= 15 is 0 Å². The van der Waals surface area contributed by atoms with E-state index in [1.807, 2.05) is 0 Å². The molecular weight excluding hydrogens is 347 g/mol. The SMILES string of the molecule is O=C(COc1ccc(Cl)cc1Br)NCC(O)C(F)F. The summed E-state index contributed by atoms with van der Waals surface area (Å²) in [5.74, 6) is -0.212. The number of aliphatic hydroxyl groups excluding tert-OH is 1. The van der Waals surface area contributed by atoms with Gasteiger partial charge in [-0.25, -0.2) is 8.78 Å². The molecule has 0 aliphatic rings. The molecule has 0 heterocycles. The number of aliphatic hydroxyl groups is 1. The molecule has 19 heavy (non-hydrogen) atoms. The fraction of sp³-hybridized carbons (Fsp3) is 0.364. The van der Waals surface area contributed by atoms with Crippen LogP contribution >= 0.6 is 27.5 Å². The smallest absolute Gasteiger partial charge is 0.265 e. The van der Waals surface area contributed by atoms with Crippen molar-refractivity contribution in [1.29, 1.82) is 0 Å². The molecular formula is C11H11BrClF2NO3. The zero-order valence-electron chi connectivity index (χ0n) is 9.58. The number of nitrogens with one attached hydrogen (secondary N) is 1. The van der Waals surface area contributed by atoms with Crippen LogP contribution in [0.25, 0.3) is 0 Å². The van der Waals surface area contributed by atoms with Crippen LogP contribution in [-0.4, -0.2) is 36.7 Å². The van der Waals surface area contributed by atoms with Crippen LogP contribution in [0.5, 0.6) is 5.75 Å². The minimum Gasteiger partial charge on any atom is -0.483 e. The molecule has 0 aromatic heterocycles. The summed E-state index contributed by atoms with van der Waals surface area (Å²) >= 11 is 8.93. The van der Waals surface area contributed by atoms with Crippen molar-refractivity contribution >= 4 is 33.4 Å². The van der Waals surface area contributed by atoms with Crippen LogP contribution < -0.4 is 10.1 Å². The van der Waals surface area contributed by atoms with Gasteiger partial charge in [-0.2, -0.15) is 0 Å². The van der Waals surface area contributed by atoms with E-state index in [1.165, 1.54) is 0 Å². The van der Waals surface area contributed by atoms with Gasteiger partial charge in [-0.1, -0.05) is 11.6 Å². The molecule has 2 N–H and O–H groups in total. The van der Waals surface area contributed by atoms with Gasteiger partial charge in [0, 0.05) is 11.6 Å². The third kappa shape index (κ3) is 5.71. The summed E-state index contributed by atoms with van der Waals surface area (Å²) in [7, 11) is 0. The maximum atomic E-state index is 12.0. The van der Waals surface area contributed by atoms with E-state index in [0.29, 0.717) is 15.2 Å². The summed E-state index contributed by atoms with van der Waals surface area (Å²) in [4.78, 5) is 11.3. The monoisotopic (exact) mass is 357 g/mol. The van der Waals surface area contributed by atoms with Crippen molar-refractivity contribution in [2.24, 2.45) is 0 Å². The second-order valence-corrected chi connectivity index (χ2v) is 4.86. The van der Waals surface area contributed by atoms with Crippen molar-refractivity contribution in [2.45, 2.75) is 12.5 Å². The lowest BCUT2D eigenvalue weighted by Gasteiger charge is -2.12. The highest BCUT2D eigenvalue weighted by molar-refractivity contribution is 9.10. The predicted octanol–water partition coefficient (Wildman–Crippen LogP) is 2.22. The molecule has 1 aromatic carbocycles. The average Bonchev–Trinajstić information content (AvgIpc) is 2.34. The number of carbonyl (C=O) groups excluding carboxylic acids is 1. The third-order valence-corrected chi connectivity index (χ3v) is 2.91. The Bertz CT molecular complexity index is 448. The lowest BCUT2D eigenvalue weighted by molar-refractivity contribution is -0.124. The average molecular weight is 359 g/mol. The Morgan fingerprint density at radius 3 is 2.79 bits per heavy atom. The van der Waals surface area contributed by atoms with E-state index in [9.17, 15) is 13.6 Å². The number of benzene rings is 1. The quantitative estimate of drug-likeness (QED) is 0.820. The van der Waals surface area contributed by atoms with Gasteiger partial charge in [0.25, 0.3) is 12.3 Å². The zero-order chi connectivity index (χ0) is 14.4. The van der Waals surface area contributed by atoms with E-state index in [4.69, 9.17) is 21.4 Å². The second-order valence-electron chi connectivity index (χ2n) is 3.57. The minimum atomic E-state index is -2.90. The van der Waals surface area contributed by atoms with Crippen LogP contribution in [0.1, 0.15) is 0 Å². The number of ether oxygens (including phenoxy) is 1. The molecule has 106 valence electrons. The molecule has 0 radical (unpaired) electrons. The first-order valence-corrected chi connectivity index (χ1v) is 6.38. The van der Waals surface area contributed by atoms with Crippen molar-refractivity contribution in [1.82, 2.24) is 5.32 Å². The predicted molar refractivity (Wildman–Crippen MR) is 69.7 cm³/mol. The number of rotatable bonds is 6. The molecule has 1 atom stereocenters. The summed E-state index contributed by atoms with van der Waals surface area (Å²) in [6.07, 6.45) is -4.78. The maximum absolute atomic E-state index is 12.0. The Balaban J connectivity index is 2.38. The number of hydrogen-bond acceptors (Lipinski definition) is 3. The van der Waals surface area contributed by atoms with Gasteiger partial charge in [0.1, 0.15) is 11.9 Å². The zero-order valence-corrected chi connectivity index (χ0v) is 11.9. The molecule has 1 rings (SSSR count). The van der Waals surface area contributed by atoms with Gasteiger partial charge in [-0.3, -0.25) is 4.79 Å². The molecule has 1 unspecified atom stereocenters. The summed E-state index contributed by atoms with van der Waals surface area (Å²) in [5, 5.41) is 11.4. The van der Waals surface area contributed by atoms with Gasteiger partial charge < -0.3 is 15.2 Å². The molecule has 0 aliphatic carbocycles. The van der Waals surface area contributed by atoms with Gasteiger partial charge in [-0.15, -0.1) is 0 Å². The van der Waals surface area contributed by atoms with E-state index in [-0.39, 0.29) is 6.61 Å². The maximum Gasteiger partial charge on any atom is 0.265 e. The van der Waals surface area contributed by atoms with E-state index in [2.05, 4.69) is 21.2 Å². The van der Waals surface area contributed by atoms with Crippen molar-refractivity contribution in [3.63, 3.8) is 0 Å². The van der Waals surface area contributed by atoms with Crippen LogP contribution in [-0.2, 0) is 4.79 Å². The Hall–Kier alpha value is -0.920. The van der Waals surface area contributed by atoms with Crippen LogP contribution in [0.15, 0.2) is 22.7 Å². The molecule has 0 saturated carbocycles. The molecule has 0 aliphatic heterocycles. The molecule has 0 bridgehead atoms. The molecule has 1 amide bonds. The molecule has 0 spiro atoms. The fourth-order valence-corrected chi connectivity index (χ4v) is 1.89. The Kier molecular flexibility index (Phi) is 6.47. The normalized spacial score (nSPS) is 12.3. The fourth-order valence-electron chi connectivity index (χ4n) is 1.09. The van der Waals surface area contributed by atoms with E-state index < -0.39 is 25.0 Å². The van der Waals surface area contributed by atoms with Gasteiger partial charge in [0.05, 0.1) is 4.47 Å². The third-order valence-electron chi connectivity index (χ3n) is 2.05. The highest BCUT2D eigenvalue weighted by Crippen LogP contribution is 2.27. The highest BCUT2D eigenvalue weighted by atomic mass is 79.9. The number of hydrogen-bond donors (Lipinski definition) is 2. The van der Waals surface area contributed by atoms with Crippen molar-refractivity contribution in [2.75, 3.05) is 13.2 Å². The van der Waals surface area contributed by atoms with E-state index in [0.717, 1.165) is 0 Å². The standard InChI is InChI=1S/C11H11BrClF2NO3/c12-7-3-6(13)1-2-9(7)19-5-10(18)16-4-8(17)11(14)15/h1-3,8,11,17H,4-5H2,(H,16,18). The number of alkyl halides is 2. The first kappa shape index (κ1) is 16.1. The molecule has 0 saturated heterocycles. The Morgan fingerprint density at radius 2 is 2.21 bits per heavy atom. The molecule has 8 heteroatoms. The van der Waals surface area contributed by atoms with E-state index in [1.54, 1.807) is 18.2 Å². The molecule has 4 nitrogen and oxygen atoms in total. The van der Waals surface area contributed by atoms with Crippen LogP contribution in [0.2, 0.25) is 5.02 Å². The second kappa shape index (κ2) is 7.62. The largest absolute Gasteiger partial charge is 0.483 e. The van der Waals surface area contributed by atoms with Crippen LogP contribution in [0.3, 0.4) is 0 Å². The summed E-state index contributed by atoms with van der Waals surface area (Å²) in [5.41, 5.74) is 0. The number of halogens is 4. The summed E-state index contributed by atoms with van der Waals surface area (Å²) in [6.45, 7) is -0.877. The van der Waals surface area contributed by atoms with Gasteiger partial charge in [0.15, 0.2) is 6.61 Å². The van der Waals surface area contributed by atoms with Crippen molar-refractivity contribution in [3.8, 4) is 5.75 Å². The summed E-state index contributed by atoms with van der Waals surface area (Å²) in [6, 6.07) is 4.74. The highest BCUT2D eigenvalue weighted by Gasteiger charge is 2.17. The molecule has 0 fully saturated rings.